The van der Waals surface area contributed by atoms with Crippen LogP contribution in [0.3, 0.4) is 0 Å². The van der Waals surface area contributed by atoms with Crippen LogP contribution in [0.15, 0.2) is 24.3 Å². The van der Waals surface area contributed by atoms with Crippen LogP contribution in [0.25, 0.3) is 0 Å². The molecule has 0 radical (unpaired) electrons. The Balaban J connectivity index is 1.84. The number of anilines is 2. The summed E-state index contributed by atoms with van der Waals surface area (Å²) in [5.74, 6) is -0.0615. The molecule has 1 heterocycles. The van der Waals surface area contributed by atoms with E-state index in [1.54, 1.807) is 4.90 Å². The Morgan fingerprint density at radius 1 is 1.17 bits per heavy atom. The van der Waals surface area contributed by atoms with Crippen LogP contribution < -0.4 is 10.2 Å². The number of amides is 2. The zero-order chi connectivity index (χ0) is 16.8. The Bertz CT molecular complexity index is 534. The van der Waals surface area contributed by atoms with E-state index < -0.39 is 0 Å². The Hall–Kier alpha value is -2.04. The van der Waals surface area contributed by atoms with Gasteiger partial charge in [0.25, 0.3) is 0 Å². The van der Waals surface area contributed by atoms with Gasteiger partial charge in [0.15, 0.2) is 0 Å². The van der Waals surface area contributed by atoms with E-state index in [4.69, 9.17) is 0 Å². The van der Waals surface area contributed by atoms with E-state index in [-0.39, 0.29) is 17.9 Å². The van der Waals surface area contributed by atoms with Crippen LogP contribution >= 0.6 is 0 Å². The summed E-state index contributed by atoms with van der Waals surface area (Å²) in [7, 11) is 0. The first kappa shape index (κ1) is 17.3. The van der Waals surface area contributed by atoms with Gasteiger partial charge in [-0.15, -0.1) is 0 Å². The van der Waals surface area contributed by atoms with Gasteiger partial charge in [0, 0.05) is 50.4 Å². The largest absolute Gasteiger partial charge is 0.372 e. The van der Waals surface area contributed by atoms with Crippen molar-refractivity contribution in [1.82, 2.24) is 4.90 Å². The predicted molar refractivity (Wildman–Crippen MR) is 93.7 cm³/mol. The topological polar surface area (TPSA) is 52.7 Å². The SMILES string of the molecule is CC(=O)N(CCC(=O)Nc1ccc(N2CCCC2)cc1)C(C)C. The van der Waals surface area contributed by atoms with Gasteiger partial charge in [0.05, 0.1) is 0 Å². The monoisotopic (exact) mass is 317 g/mol. The van der Waals surface area contributed by atoms with E-state index in [1.165, 1.54) is 25.5 Å². The van der Waals surface area contributed by atoms with E-state index in [2.05, 4.69) is 22.3 Å². The lowest BCUT2D eigenvalue weighted by molar-refractivity contribution is -0.130. The van der Waals surface area contributed by atoms with Crippen molar-refractivity contribution >= 4 is 23.2 Å². The molecule has 23 heavy (non-hydrogen) atoms. The zero-order valence-corrected chi connectivity index (χ0v) is 14.3. The van der Waals surface area contributed by atoms with Crippen molar-refractivity contribution < 1.29 is 9.59 Å². The smallest absolute Gasteiger partial charge is 0.226 e. The quantitative estimate of drug-likeness (QED) is 0.878. The number of nitrogens with zero attached hydrogens (tertiary/aromatic N) is 2. The van der Waals surface area contributed by atoms with Gasteiger partial charge in [0.2, 0.25) is 11.8 Å². The van der Waals surface area contributed by atoms with Crippen LogP contribution in [-0.4, -0.2) is 42.4 Å². The van der Waals surface area contributed by atoms with Gasteiger partial charge in [-0.2, -0.15) is 0 Å². The molecular weight excluding hydrogens is 290 g/mol. The van der Waals surface area contributed by atoms with Crippen LogP contribution in [-0.2, 0) is 9.59 Å². The van der Waals surface area contributed by atoms with Crippen molar-refractivity contribution in [2.75, 3.05) is 29.9 Å². The van der Waals surface area contributed by atoms with Gasteiger partial charge in [-0.1, -0.05) is 0 Å². The van der Waals surface area contributed by atoms with Crippen LogP contribution in [0.5, 0.6) is 0 Å². The van der Waals surface area contributed by atoms with E-state index in [0.717, 1.165) is 18.8 Å². The molecule has 5 heteroatoms. The van der Waals surface area contributed by atoms with E-state index in [9.17, 15) is 9.59 Å². The third-order valence-electron chi connectivity index (χ3n) is 4.23. The number of carbonyl (C=O) groups excluding carboxylic acids is 2. The Morgan fingerprint density at radius 2 is 1.78 bits per heavy atom. The molecule has 0 aliphatic carbocycles. The van der Waals surface area contributed by atoms with E-state index in [1.807, 2.05) is 26.0 Å². The van der Waals surface area contributed by atoms with Gasteiger partial charge >= 0.3 is 0 Å². The van der Waals surface area contributed by atoms with Crippen molar-refractivity contribution in [3.8, 4) is 0 Å². The molecule has 0 unspecified atom stereocenters. The number of hydrogen-bond donors (Lipinski definition) is 1. The molecule has 0 spiro atoms. The van der Waals surface area contributed by atoms with E-state index in [0.29, 0.717) is 13.0 Å². The minimum absolute atomic E-state index is 0.00256. The summed E-state index contributed by atoms with van der Waals surface area (Å²) in [4.78, 5) is 27.6. The average Bonchev–Trinajstić information content (AvgIpc) is 3.01. The molecule has 2 amide bonds. The summed E-state index contributed by atoms with van der Waals surface area (Å²) in [6, 6.07) is 8.10. The minimum atomic E-state index is -0.0641. The number of carbonyl (C=O) groups is 2. The van der Waals surface area contributed by atoms with Gasteiger partial charge in [0.1, 0.15) is 0 Å². The summed E-state index contributed by atoms with van der Waals surface area (Å²) in [5, 5.41) is 2.90. The fourth-order valence-electron chi connectivity index (χ4n) is 2.96. The third-order valence-corrected chi connectivity index (χ3v) is 4.23. The molecule has 0 atom stereocenters. The number of nitrogens with one attached hydrogen (secondary N) is 1. The van der Waals surface area contributed by atoms with Crippen molar-refractivity contribution in [2.45, 2.75) is 46.1 Å². The normalized spacial score (nSPS) is 14.2. The molecule has 1 N–H and O–H groups in total. The fourth-order valence-corrected chi connectivity index (χ4v) is 2.96. The van der Waals surface area contributed by atoms with Crippen molar-refractivity contribution in [1.29, 1.82) is 0 Å². The molecule has 2 rings (SSSR count). The first-order valence-electron chi connectivity index (χ1n) is 8.39. The number of rotatable bonds is 6. The van der Waals surface area contributed by atoms with Crippen molar-refractivity contribution in [3.05, 3.63) is 24.3 Å². The summed E-state index contributed by atoms with van der Waals surface area (Å²) in [6.45, 7) is 8.12. The standard InChI is InChI=1S/C18H27N3O2/c1-14(2)21(15(3)22)13-10-18(23)19-16-6-8-17(9-7-16)20-11-4-5-12-20/h6-9,14H,4-5,10-13H2,1-3H3,(H,19,23). The second-order valence-corrected chi connectivity index (χ2v) is 6.35. The number of hydrogen-bond acceptors (Lipinski definition) is 3. The second kappa shape index (κ2) is 7.99. The van der Waals surface area contributed by atoms with Crippen LogP contribution in [0.2, 0.25) is 0 Å². The number of benzene rings is 1. The Kier molecular flexibility index (Phi) is 6.02. The van der Waals surface area contributed by atoms with Crippen molar-refractivity contribution in [2.24, 2.45) is 0 Å². The second-order valence-electron chi connectivity index (χ2n) is 6.35. The molecular formula is C18H27N3O2. The molecule has 0 aromatic heterocycles. The van der Waals surface area contributed by atoms with Crippen LogP contribution in [0.1, 0.15) is 40.0 Å². The van der Waals surface area contributed by atoms with Crippen LogP contribution in [0, 0.1) is 0 Å². The predicted octanol–water partition coefficient (Wildman–Crippen LogP) is 2.87. The molecule has 0 saturated carbocycles. The first-order valence-corrected chi connectivity index (χ1v) is 8.39. The highest BCUT2D eigenvalue weighted by Gasteiger charge is 2.15. The summed E-state index contributed by atoms with van der Waals surface area (Å²) >= 11 is 0. The van der Waals surface area contributed by atoms with Gasteiger partial charge < -0.3 is 15.1 Å². The molecule has 1 aromatic carbocycles. The Morgan fingerprint density at radius 3 is 2.30 bits per heavy atom. The maximum absolute atomic E-state index is 12.0. The van der Waals surface area contributed by atoms with Crippen LogP contribution in [0.4, 0.5) is 11.4 Å². The molecule has 126 valence electrons. The molecule has 0 bridgehead atoms. The molecule has 1 aliphatic heterocycles. The van der Waals surface area contributed by atoms with Crippen molar-refractivity contribution in [3.63, 3.8) is 0 Å². The summed E-state index contributed by atoms with van der Waals surface area (Å²) in [5.41, 5.74) is 2.01. The first-order chi connectivity index (χ1) is 11.0. The molecule has 1 saturated heterocycles. The maximum Gasteiger partial charge on any atom is 0.226 e. The fraction of sp³-hybridized carbons (Fsp3) is 0.556. The van der Waals surface area contributed by atoms with E-state index >= 15 is 0 Å². The zero-order valence-electron chi connectivity index (χ0n) is 14.3. The maximum atomic E-state index is 12.0. The third kappa shape index (κ3) is 4.98. The lowest BCUT2D eigenvalue weighted by Crippen LogP contribution is -2.37. The average molecular weight is 317 g/mol. The van der Waals surface area contributed by atoms with Gasteiger partial charge in [-0.05, 0) is 51.0 Å². The summed E-state index contributed by atoms with van der Waals surface area (Å²) < 4.78 is 0. The molecule has 5 nitrogen and oxygen atoms in total. The minimum Gasteiger partial charge on any atom is -0.372 e. The highest BCUT2D eigenvalue weighted by atomic mass is 16.2. The lowest BCUT2D eigenvalue weighted by Gasteiger charge is -2.25. The Labute approximate surface area is 138 Å². The molecule has 1 aromatic rings. The molecule has 1 aliphatic rings. The van der Waals surface area contributed by atoms with Gasteiger partial charge in [-0.3, -0.25) is 9.59 Å². The lowest BCUT2D eigenvalue weighted by atomic mass is 10.2. The summed E-state index contributed by atoms with van der Waals surface area (Å²) in [6.07, 6.45) is 2.81. The highest BCUT2D eigenvalue weighted by molar-refractivity contribution is 5.91. The molecule has 1 fully saturated rings. The van der Waals surface area contributed by atoms with Gasteiger partial charge in [-0.25, -0.2) is 0 Å². The highest BCUT2D eigenvalue weighted by Crippen LogP contribution is 2.22.